The minimum absolute atomic E-state index is 0.639. The largest absolute Gasteiger partial charge is 0.361 e. The lowest BCUT2D eigenvalue weighted by Gasteiger charge is -2.30. The molecule has 0 amide bonds. The zero-order valence-corrected chi connectivity index (χ0v) is 11.4. The molecule has 0 unspecified atom stereocenters. The number of aromatic nitrogens is 1. The van der Waals surface area contributed by atoms with Crippen LogP contribution in [0, 0.1) is 0 Å². The minimum Gasteiger partial charge on any atom is -0.361 e. The van der Waals surface area contributed by atoms with Crippen LogP contribution in [-0.4, -0.2) is 23.6 Å². The van der Waals surface area contributed by atoms with E-state index in [0.717, 1.165) is 11.1 Å². The summed E-state index contributed by atoms with van der Waals surface area (Å²) in [4.78, 5) is 7.66. The van der Waals surface area contributed by atoms with Crippen LogP contribution in [0.3, 0.4) is 0 Å². The summed E-state index contributed by atoms with van der Waals surface area (Å²) in [7, 11) is -1.72. The molecule has 1 aromatic heterocycles. The monoisotopic (exact) mass is 251 g/mol. The molecule has 3 nitrogen and oxygen atoms in total. The second kappa shape index (κ2) is 3.73. The van der Waals surface area contributed by atoms with Crippen molar-refractivity contribution in [1.29, 1.82) is 0 Å². The summed E-state index contributed by atoms with van der Waals surface area (Å²) in [6.07, 6.45) is 3.62. The number of benzene rings is 1. The third-order valence-electron chi connectivity index (χ3n) is 3.71. The molecule has 0 N–H and O–H groups in total. The number of nitrogens with zero attached hydrogens (tertiary/aromatic N) is 3. The van der Waals surface area contributed by atoms with E-state index in [1.165, 1.54) is 10.4 Å². The molecule has 0 saturated heterocycles. The topological polar surface area (TPSA) is 49.3 Å². The summed E-state index contributed by atoms with van der Waals surface area (Å²) in [6.45, 7) is 4.64. The van der Waals surface area contributed by atoms with Crippen molar-refractivity contribution in [3.05, 3.63) is 59.4 Å². The Balaban J connectivity index is 2.44. The zero-order valence-electron chi connectivity index (χ0n) is 10.4. The third kappa shape index (κ3) is 1.33. The Hall–Kier alpha value is -2.03. The van der Waals surface area contributed by atoms with Gasteiger partial charge in [-0.25, -0.2) is 0 Å². The van der Waals surface area contributed by atoms with E-state index in [1.807, 2.05) is 18.3 Å². The average molecular weight is 251 g/mol. The van der Waals surface area contributed by atoms with E-state index >= 15 is 0 Å². The fourth-order valence-electron chi connectivity index (χ4n) is 2.76. The molecule has 88 valence electrons. The third-order valence-corrected chi connectivity index (χ3v) is 7.27. The van der Waals surface area contributed by atoms with Crippen LogP contribution in [0.4, 0.5) is 0 Å². The van der Waals surface area contributed by atoms with Crippen LogP contribution < -0.4 is 10.4 Å². The normalized spacial score (nSPS) is 15.6. The van der Waals surface area contributed by atoms with Crippen molar-refractivity contribution in [3.8, 4) is 0 Å². The molecule has 2 heterocycles. The Bertz CT molecular complexity index is 633. The maximum Gasteiger partial charge on any atom is 0.330 e. The number of hydrogen-bond acceptors (Lipinski definition) is 1. The van der Waals surface area contributed by atoms with Crippen molar-refractivity contribution in [2.75, 3.05) is 0 Å². The molecular formula is C14H13N3Si. The fourth-order valence-corrected chi connectivity index (χ4v) is 5.79. The maximum atomic E-state index is 9.33. The highest BCUT2D eigenvalue weighted by molar-refractivity contribution is 7.02. The van der Waals surface area contributed by atoms with Gasteiger partial charge < -0.3 is 5.53 Å². The van der Waals surface area contributed by atoms with Gasteiger partial charge in [0.15, 0.2) is 0 Å². The maximum absolute atomic E-state index is 9.33. The predicted molar refractivity (Wildman–Crippen MR) is 74.3 cm³/mol. The second-order valence-electron chi connectivity index (χ2n) is 5.04. The Labute approximate surface area is 107 Å². The minimum atomic E-state index is -1.72. The summed E-state index contributed by atoms with van der Waals surface area (Å²) in [6, 6.07) is 10.3. The molecule has 0 aliphatic carbocycles. The zero-order chi connectivity index (χ0) is 12.8. The Morgan fingerprint density at radius 2 is 1.78 bits per heavy atom. The van der Waals surface area contributed by atoms with E-state index in [4.69, 9.17) is 0 Å². The van der Waals surface area contributed by atoms with Crippen molar-refractivity contribution >= 4 is 24.2 Å². The fraction of sp³-hybridized carbons (Fsp3) is 0.143. The van der Waals surface area contributed by atoms with E-state index in [9.17, 15) is 5.53 Å². The van der Waals surface area contributed by atoms with Crippen molar-refractivity contribution < 1.29 is 4.79 Å². The van der Waals surface area contributed by atoms with Crippen LogP contribution >= 0.6 is 0 Å². The average Bonchev–Trinajstić information content (AvgIpc) is 2.40. The molecule has 0 fully saturated rings. The molecular weight excluding hydrogens is 238 g/mol. The molecule has 0 bridgehead atoms. The molecule has 1 aromatic carbocycles. The van der Waals surface area contributed by atoms with Crippen LogP contribution in [0.1, 0.15) is 11.1 Å². The van der Waals surface area contributed by atoms with Gasteiger partial charge in [-0.05, 0) is 22.5 Å². The van der Waals surface area contributed by atoms with Crippen LogP contribution in [-0.2, 0) is 0 Å². The first-order valence-corrected chi connectivity index (χ1v) is 8.93. The SMILES string of the molecule is C[Si]1(C)c2ccccc2C(=[N+]=[N-])c2cnccc21. The van der Waals surface area contributed by atoms with Crippen LogP contribution in [0.5, 0.6) is 0 Å². The molecule has 3 rings (SSSR count). The Kier molecular flexibility index (Phi) is 2.30. The molecule has 0 atom stereocenters. The number of rotatable bonds is 0. The van der Waals surface area contributed by atoms with Gasteiger partial charge >= 0.3 is 5.71 Å². The lowest BCUT2D eigenvalue weighted by molar-refractivity contribution is -0.00271. The summed E-state index contributed by atoms with van der Waals surface area (Å²) in [5.74, 6) is 0. The Morgan fingerprint density at radius 1 is 1.06 bits per heavy atom. The molecule has 1 aliphatic rings. The number of hydrogen-bond donors (Lipinski definition) is 0. The van der Waals surface area contributed by atoms with Gasteiger partial charge in [-0.3, -0.25) is 4.98 Å². The lowest BCUT2D eigenvalue weighted by atomic mass is 10.0. The first kappa shape index (κ1) is 11.1. The van der Waals surface area contributed by atoms with Crippen LogP contribution in [0.2, 0.25) is 13.1 Å². The molecule has 18 heavy (non-hydrogen) atoms. The van der Waals surface area contributed by atoms with E-state index in [1.54, 1.807) is 6.20 Å². The Morgan fingerprint density at radius 3 is 2.56 bits per heavy atom. The quantitative estimate of drug-likeness (QED) is 0.395. The predicted octanol–water partition coefficient (Wildman–Crippen LogP) is 1.28. The first-order valence-electron chi connectivity index (χ1n) is 5.93. The van der Waals surface area contributed by atoms with Crippen LogP contribution in [0.15, 0.2) is 42.7 Å². The standard InChI is InChI=1S/C14H13N3Si/c1-18(2)12-6-4-3-5-10(12)14(17-15)11-9-16-8-7-13(11)18/h3-9H,1-2H3. The van der Waals surface area contributed by atoms with E-state index in [0.29, 0.717) is 5.71 Å². The van der Waals surface area contributed by atoms with Gasteiger partial charge in [-0.1, -0.05) is 31.3 Å². The lowest BCUT2D eigenvalue weighted by Crippen LogP contribution is -2.60. The van der Waals surface area contributed by atoms with Gasteiger partial charge in [-0.15, -0.1) is 0 Å². The summed E-state index contributed by atoms with van der Waals surface area (Å²) in [5, 5.41) is 2.60. The van der Waals surface area contributed by atoms with Crippen LogP contribution in [0.25, 0.3) is 5.53 Å². The molecule has 2 aromatic rings. The van der Waals surface area contributed by atoms with E-state index in [-0.39, 0.29) is 0 Å². The number of pyridine rings is 1. The summed E-state index contributed by atoms with van der Waals surface area (Å²) >= 11 is 0. The van der Waals surface area contributed by atoms with Crippen molar-refractivity contribution in [2.45, 2.75) is 13.1 Å². The summed E-state index contributed by atoms with van der Waals surface area (Å²) in [5.41, 5.74) is 12.0. The van der Waals surface area contributed by atoms with Gasteiger partial charge in [0.25, 0.3) is 0 Å². The van der Waals surface area contributed by atoms with E-state index < -0.39 is 8.07 Å². The first-order chi connectivity index (χ1) is 8.66. The second-order valence-corrected chi connectivity index (χ2v) is 9.37. The molecule has 0 radical (unpaired) electrons. The molecule has 0 spiro atoms. The highest BCUT2D eigenvalue weighted by atomic mass is 28.3. The van der Waals surface area contributed by atoms with Gasteiger partial charge in [0.1, 0.15) is 8.07 Å². The molecule has 4 heteroatoms. The van der Waals surface area contributed by atoms with Crippen molar-refractivity contribution in [2.24, 2.45) is 0 Å². The molecule has 0 saturated carbocycles. The van der Waals surface area contributed by atoms with Crippen molar-refractivity contribution in [3.63, 3.8) is 0 Å². The van der Waals surface area contributed by atoms with Gasteiger partial charge in [0.2, 0.25) is 0 Å². The smallest absolute Gasteiger partial charge is 0.330 e. The summed E-state index contributed by atoms with van der Waals surface area (Å²) < 4.78 is 0. The van der Waals surface area contributed by atoms with Gasteiger partial charge in [0, 0.05) is 12.4 Å². The highest BCUT2D eigenvalue weighted by Crippen LogP contribution is 2.18. The number of fused-ring (bicyclic) bond motifs is 2. The van der Waals surface area contributed by atoms with Gasteiger partial charge in [0.05, 0.1) is 11.1 Å². The van der Waals surface area contributed by atoms with Gasteiger partial charge in [-0.2, -0.15) is 4.79 Å². The highest BCUT2D eigenvalue weighted by Gasteiger charge is 2.40. The van der Waals surface area contributed by atoms with E-state index in [2.05, 4.69) is 41.1 Å². The van der Waals surface area contributed by atoms with Crippen molar-refractivity contribution in [1.82, 2.24) is 4.98 Å². The molecule has 1 aliphatic heterocycles.